The fraction of sp³-hybridized carbons (Fsp3) is 0.900. The minimum Gasteiger partial charge on any atom is -0.373 e. The highest BCUT2D eigenvalue weighted by molar-refractivity contribution is 6.65. The molecule has 0 radical (unpaired) electrons. The minimum absolute atomic E-state index is 0.364. The largest absolute Gasteiger partial charge is 0.511 e. The molecule has 16 heavy (non-hydrogen) atoms. The molecular formula is C10H23NO4Si. The van der Waals surface area contributed by atoms with Crippen LogP contribution in [0.4, 0.5) is 0 Å². The number of nitrogens with two attached hydrogens (primary N) is 1. The van der Waals surface area contributed by atoms with Crippen molar-refractivity contribution >= 4 is 15.1 Å². The molecule has 0 amide bonds. The van der Waals surface area contributed by atoms with Gasteiger partial charge in [0.05, 0.1) is 5.54 Å². The summed E-state index contributed by atoms with van der Waals surface area (Å²) in [5.41, 5.74) is 5.12. The summed E-state index contributed by atoms with van der Waals surface area (Å²) >= 11 is 0. The Balaban J connectivity index is 4.85. The van der Waals surface area contributed by atoms with Crippen LogP contribution >= 0.6 is 0 Å². The van der Waals surface area contributed by atoms with Gasteiger partial charge in [0.25, 0.3) is 0 Å². The average Bonchev–Trinajstić information content (AvgIpc) is 2.26. The highest BCUT2D eigenvalue weighted by Crippen LogP contribution is 2.27. The first kappa shape index (κ1) is 15.7. The van der Waals surface area contributed by atoms with Crippen molar-refractivity contribution in [3.8, 4) is 0 Å². The van der Waals surface area contributed by atoms with Crippen LogP contribution < -0.4 is 5.73 Å². The Kier molecular flexibility index (Phi) is 8.68. The molecule has 0 aromatic carbocycles. The van der Waals surface area contributed by atoms with Crippen molar-refractivity contribution < 1.29 is 18.1 Å². The van der Waals surface area contributed by atoms with E-state index in [1.54, 1.807) is 0 Å². The number of carbonyl (C=O) groups is 1. The van der Waals surface area contributed by atoms with E-state index in [4.69, 9.17) is 19.0 Å². The van der Waals surface area contributed by atoms with Crippen LogP contribution in [0.2, 0.25) is 5.54 Å². The Morgan fingerprint density at radius 1 is 1.12 bits per heavy atom. The van der Waals surface area contributed by atoms with Crippen LogP contribution in [0.3, 0.4) is 0 Å². The summed E-state index contributed by atoms with van der Waals surface area (Å²) in [5, 5.41) is 0. The van der Waals surface area contributed by atoms with Crippen LogP contribution in [-0.4, -0.2) is 41.5 Å². The first-order chi connectivity index (χ1) is 7.70. The highest BCUT2D eigenvalue weighted by atomic mass is 28.4. The molecule has 0 aromatic heterocycles. The van der Waals surface area contributed by atoms with E-state index in [-0.39, 0.29) is 5.54 Å². The molecule has 1 unspecified atom stereocenters. The zero-order valence-electron chi connectivity index (χ0n) is 10.4. The summed E-state index contributed by atoms with van der Waals surface area (Å²) in [4.78, 5) is 11.1. The van der Waals surface area contributed by atoms with Crippen LogP contribution in [0.15, 0.2) is 0 Å². The fourth-order valence-corrected chi connectivity index (χ4v) is 4.34. The molecule has 0 rings (SSSR count). The highest BCUT2D eigenvalue weighted by Gasteiger charge is 2.48. The second-order valence-corrected chi connectivity index (χ2v) is 6.04. The van der Waals surface area contributed by atoms with Gasteiger partial charge in [0.1, 0.15) is 6.29 Å². The van der Waals surface area contributed by atoms with Gasteiger partial charge in [-0.3, -0.25) is 0 Å². The Hall–Kier alpha value is -0.273. The normalized spacial score (nSPS) is 13.8. The predicted molar refractivity (Wildman–Crippen MR) is 64.1 cm³/mol. The van der Waals surface area contributed by atoms with E-state index in [0.717, 1.165) is 6.29 Å². The Labute approximate surface area is 98.6 Å². The molecule has 0 fully saturated rings. The summed E-state index contributed by atoms with van der Waals surface area (Å²) in [6.45, 7) is 7.44. The van der Waals surface area contributed by atoms with Gasteiger partial charge in [-0.15, -0.1) is 0 Å². The average molecular weight is 249 g/mol. The van der Waals surface area contributed by atoms with Crippen LogP contribution in [0, 0.1) is 0 Å². The Morgan fingerprint density at radius 2 is 1.56 bits per heavy atom. The summed E-state index contributed by atoms with van der Waals surface area (Å²) < 4.78 is 16.9. The lowest BCUT2D eigenvalue weighted by Crippen LogP contribution is -2.51. The van der Waals surface area contributed by atoms with Gasteiger partial charge in [-0.25, -0.2) is 0 Å². The van der Waals surface area contributed by atoms with Gasteiger partial charge in [0, 0.05) is 19.8 Å². The summed E-state index contributed by atoms with van der Waals surface area (Å²) in [7, 11) is -2.89. The van der Waals surface area contributed by atoms with Crippen molar-refractivity contribution in [2.45, 2.75) is 32.7 Å². The van der Waals surface area contributed by atoms with Crippen LogP contribution in [-0.2, 0) is 18.1 Å². The van der Waals surface area contributed by atoms with E-state index in [1.807, 2.05) is 20.8 Å². The molecule has 0 saturated carbocycles. The topological polar surface area (TPSA) is 70.8 Å². The van der Waals surface area contributed by atoms with E-state index in [1.165, 1.54) is 0 Å². The third-order valence-corrected chi connectivity index (χ3v) is 5.54. The minimum atomic E-state index is -2.89. The van der Waals surface area contributed by atoms with Gasteiger partial charge < -0.3 is 23.8 Å². The lowest BCUT2D eigenvalue weighted by atomic mass is 10.3. The molecule has 0 heterocycles. The second-order valence-electron chi connectivity index (χ2n) is 3.22. The maximum Gasteiger partial charge on any atom is 0.511 e. The standard InChI is InChI=1S/C10H23NO4Si/c1-4-13-16(14-5-2,15-6-3)10(9-12)7-8-11/h9-10H,4-8,11H2,1-3H3. The van der Waals surface area contributed by atoms with Crippen LogP contribution in [0.5, 0.6) is 0 Å². The third kappa shape index (κ3) is 4.30. The van der Waals surface area contributed by atoms with E-state index < -0.39 is 8.80 Å². The van der Waals surface area contributed by atoms with Crippen molar-refractivity contribution in [3.63, 3.8) is 0 Å². The van der Waals surface area contributed by atoms with Gasteiger partial charge in [-0.05, 0) is 33.7 Å². The monoisotopic (exact) mass is 249 g/mol. The van der Waals surface area contributed by atoms with Gasteiger partial charge in [0.2, 0.25) is 0 Å². The Bertz CT molecular complexity index is 175. The van der Waals surface area contributed by atoms with E-state index >= 15 is 0 Å². The van der Waals surface area contributed by atoms with Gasteiger partial charge in [-0.1, -0.05) is 0 Å². The molecule has 0 aliphatic rings. The smallest absolute Gasteiger partial charge is 0.373 e. The lowest BCUT2D eigenvalue weighted by Gasteiger charge is -2.32. The fourth-order valence-electron chi connectivity index (χ4n) is 1.56. The predicted octanol–water partition coefficient (Wildman–Crippen LogP) is 0.953. The van der Waals surface area contributed by atoms with Crippen LogP contribution in [0.1, 0.15) is 27.2 Å². The second kappa shape index (κ2) is 8.83. The molecule has 1 atom stereocenters. The molecule has 0 aliphatic carbocycles. The molecule has 2 N–H and O–H groups in total. The van der Waals surface area contributed by atoms with Gasteiger partial charge >= 0.3 is 8.80 Å². The van der Waals surface area contributed by atoms with Crippen molar-refractivity contribution in [1.29, 1.82) is 0 Å². The molecule has 0 aromatic rings. The molecule has 0 saturated heterocycles. The Morgan fingerprint density at radius 3 is 1.81 bits per heavy atom. The summed E-state index contributed by atoms with van der Waals surface area (Å²) in [5.74, 6) is 0. The number of carbonyl (C=O) groups excluding carboxylic acids is 1. The maximum atomic E-state index is 11.1. The van der Waals surface area contributed by atoms with Crippen molar-refractivity contribution in [2.24, 2.45) is 5.73 Å². The van der Waals surface area contributed by atoms with Crippen molar-refractivity contribution in [1.82, 2.24) is 0 Å². The number of rotatable bonds is 10. The zero-order valence-corrected chi connectivity index (χ0v) is 11.4. The van der Waals surface area contributed by atoms with E-state index in [0.29, 0.717) is 32.8 Å². The summed E-state index contributed by atoms with van der Waals surface area (Å²) in [6, 6.07) is 0. The number of aldehydes is 1. The molecule has 0 bridgehead atoms. The SMILES string of the molecule is CCO[Si](OCC)(OCC)C(C=O)CCN. The number of hydrogen-bond donors (Lipinski definition) is 1. The van der Waals surface area contributed by atoms with Crippen molar-refractivity contribution in [2.75, 3.05) is 26.4 Å². The first-order valence-corrected chi connectivity index (χ1v) is 7.58. The van der Waals surface area contributed by atoms with Crippen molar-refractivity contribution in [3.05, 3.63) is 0 Å². The first-order valence-electron chi connectivity index (χ1n) is 5.77. The maximum absolute atomic E-state index is 11.1. The quantitative estimate of drug-likeness (QED) is 0.461. The third-order valence-electron chi connectivity index (χ3n) is 2.13. The van der Waals surface area contributed by atoms with E-state index in [9.17, 15) is 4.79 Å². The van der Waals surface area contributed by atoms with Crippen LogP contribution in [0.25, 0.3) is 0 Å². The molecule has 0 aliphatic heterocycles. The van der Waals surface area contributed by atoms with Gasteiger partial charge in [0.15, 0.2) is 0 Å². The molecule has 0 spiro atoms. The lowest BCUT2D eigenvalue weighted by molar-refractivity contribution is -0.109. The van der Waals surface area contributed by atoms with Gasteiger partial charge in [-0.2, -0.15) is 0 Å². The zero-order chi connectivity index (χ0) is 12.4. The summed E-state index contributed by atoms with van der Waals surface area (Å²) in [6.07, 6.45) is 1.38. The molecular weight excluding hydrogens is 226 g/mol. The molecule has 6 heteroatoms. The van der Waals surface area contributed by atoms with E-state index in [2.05, 4.69) is 0 Å². The molecule has 5 nitrogen and oxygen atoms in total. The number of hydrogen-bond acceptors (Lipinski definition) is 5. The molecule has 96 valence electrons.